The van der Waals surface area contributed by atoms with Gasteiger partial charge in [-0.25, -0.2) is 0 Å². The van der Waals surface area contributed by atoms with E-state index >= 15 is 0 Å². The van der Waals surface area contributed by atoms with Crippen molar-refractivity contribution in [3.05, 3.63) is 69.7 Å². The van der Waals surface area contributed by atoms with Crippen molar-refractivity contribution in [2.45, 2.75) is 37.0 Å². The largest absolute Gasteiger partial charge is 0.388 e. The number of aliphatic hydroxyl groups excluding tert-OH is 2. The Labute approximate surface area is 172 Å². The number of ether oxygens (including phenoxy) is 4. The standard InChI is InChI=1S/C20H20Cl2O6/c21-13-7-3-1-5-11(13)19-25-9-15(23)17(24)18-16(27-19)10-26-20(28-18)12-6-2-4-8-14(12)22/h1-8,15-20,23-24H,9-10H2/t15-,16+,17+,18+,19?,20?/m0/s1. The summed E-state index contributed by atoms with van der Waals surface area (Å²) in [5.74, 6) is 0. The maximum Gasteiger partial charge on any atom is 0.185 e. The Morgan fingerprint density at radius 1 is 0.750 bits per heavy atom. The summed E-state index contributed by atoms with van der Waals surface area (Å²) in [7, 11) is 0. The lowest BCUT2D eigenvalue weighted by molar-refractivity contribution is -0.332. The summed E-state index contributed by atoms with van der Waals surface area (Å²) in [4.78, 5) is 0. The van der Waals surface area contributed by atoms with Gasteiger partial charge in [-0.1, -0.05) is 59.6 Å². The summed E-state index contributed by atoms with van der Waals surface area (Å²) in [5.41, 5.74) is 1.27. The molecule has 28 heavy (non-hydrogen) atoms. The second kappa shape index (κ2) is 8.65. The molecule has 0 saturated carbocycles. The van der Waals surface area contributed by atoms with Gasteiger partial charge in [-0.05, 0) is 12.1 Å². The Morgan fingerprint density at radius 2 is 1.29 bits per heavy atom. The minimum Gasteiger partial charge on any atom is -0.388 e. The van der Waals surface area contributed by atoms with Crippen molar-refractivity contribution in [2.75, 3.05) is 13.2 Å². The maximum atomic E-state index is 10.6. The van der Waals surface area contributed by atoms with Gasteiger partial charge in [0.1, 0.15) is 24.4 Å². The number of rotatable bonds is 2. The van der Waals surface area contributed by atoms with Gasteiger partial charge in [-0.15, -0.1) is 0 Å². The first-order valence-corrected chi connectivity index (χ1v) is 9.69. The van der Waals surface area contributed by atoms with E-state index in [9.17, 15) is 10.2 Å². The molecular weight excluding hydrogens is 407 g/mol. The molecule has 6 nitrogen and oxygen atoms in total. The van der Waals surface area contributed by atoms with Gasteiger partial charge in [-0.2, -0.15) is 0 Å². The second-order valence-electron chi connectivity index (χ2n) is 6.71. The molecule has 2 aromatic rings. The monoisotopic (exact) mass is 426 g/mol. The zero-order valence-electron chi connectivity index (χ0n) is 14.8. The molecule has 0 bridgehead atoms. The van der Waals surface area contributed by atoms with Gasteiger partial charge in [0.05, 0.1) is 13.2 Å². The summed E-state index contributed by atoms with van der Waals surface area (Å²) in [6.07, 6.45) is -5.49. The number of fused-ring (bicyclic) bond motifs is 1. The summed E-state index contributed by atoms with van der Waals surface area (Å²) in [5, 5.41) is 21.9. The van der Waals surface area contributed by atoms with Crippen LogP contribution in [-0.4, -0.2) is 47.8 Å². The molecule has 2 heterocycles. The van der Waals surface area contributed by atoms with E-state index in [1.807, 2.05) is 12.1 Å². The lowest BCUT2D eigenvalue weighted by Gasteiger charge is -2.43. The molecule has 0 radical (unpaired) electrons. The third-order valence-electron chi connectivity index (χ3n) is 4.82. The fourth-order valence-corrected chi connectivity index (χ4v) is 3.77. The molecule has 2 aromatic carbocycles. The van der Waals surface area contributed by atoms with Crippen molar-refractivity contribution in [1.82, 2.24) is 0 Å². The van der Waals surface area contributed by atoms with E-state index in [1.54, 1.807) is 36.4 Å². The van der Waals surface area contributed by atoms with Crippen molar-refractivity contribution in [1.29, 1.82) is 0 Å². The first-order valence-electron chi connectivity index (χ1n) is 8.93. The van der Waals surface area contributed by atoms with Crippen LogP contribution >= 0.6 is 23.2 Å². The summed E-state index contributed by atoms with van der Waals surface area (Å²) < 4.78 is 23.5. The molecule has 8 heteroatoms. The molecule has 0 amide bonds. The van der Waals surface area contributed by atoms with Gasteiger partial charge in [0.25, 0.3) is 0 Å². The highest BCUT2D eigenvalue weighted by atomic mass is 35.5. The number of hydrogen-bond acceptors (Lipinski definition) is 6. The van der Waals surface area contributed by atoms with Gasteiger partial charge in [0.15, 0.2) is 12.6 Å². The van der Waals surface area contributed by atoms with Gasteiger partial charge < -0.3 is 29.2 Å². The Kier molecular flexibility index (Phi) is 6.20. The van der Waals surface area contributed by atoms with Crippen LogP contribution in [0.15, 0.2) is 48.5 Å². The van der Waals surface area contributed by atoms with E-state index in [0.29, 0.717) is 21.2 Å². The third-order valence-corrected chi connectivity index (χ3v) is 5.51. The molecule has 150 valence electrons. The van der Waals surface area contributed by atoms with Crippen LogP contribution < -0.4 is 0 Å². The molecule has 2 aliphatic rings. The van der Waals surface area contributed by atoms with Gasteiger partial charge in [0, 0.05) is 21.2 Å². The molecule has 2 unspecified atom stereocenters. The van der Waals surface area contributed by atoms with Gasteiger partial charge in [-0.3, -0.25) is 0 Å². The molecule has 4 rings (SSSR count). The maximum absolute atomic E-state index is 10.6. The van der Waals surface area contributed by atoms with Crippen LogP contribution in [0, 0.1) is 0 Å². The third kappa shape index (κ3) is 4.06. The molecule has 2 fully saturated rings. The molecule has 0 aliphatic carbocycles. The highest BCUT2D eigenvalue weighted by molar-refractivity contribution is 6.31. The molecule has 0 aromatic heterocycles. The van der Waals surface area contributed by atoms with Gasteiger partial charge >= 0.3 is 0 Å². The first kappa shape index (κ1) is 20.1. The molecule has 0 spiro atoms. The second-order valence-corrected chi connectivity index (χ2v) is 7.52. The van der Waals surface area contributed by atoms with Crippen molar-refractivity contribution < 1.29 is 29.2 Å². The zero-order chi connectivity index (χ0) is 19.7. The van der Waals surface area contributed by atoms with E-state index in [2.05, 4.69) is 0 Å². The Morgan fingerprint density at radius 3 is 1.89 bits per heavy atom. The highest BCUT2D eigenvalue weighted by Gasteiger charge is 2.44. The minimum atomic E-state index is -1.22. The highest BCUT2D eigenvalue weighted by Crippen LogP contribution is 2.37. The molecular formula is C20H20Cl2O6. The number of benzene rings is 2. The van der Waals surface area contributed by atoms with Crippen molar-refractivity contribution in [3.8, 4) is 0 Å². The summed E-state index contributed by atoms with van der Waals surface area (Å²) in [6, 6.07) is 14.3. The first-order chi connectivity index (χ1) is 13.5. The Hall–Kier alpha value is -1.22. The molecule has 2 N–H and O–H groups in total. The Balaban J connectivity index is 1.58. The van der Waals surface area contributed by atoms with Crippen LogP contribution in [-0.2, 0) is 18.9 Å². The van der Waals surface area contributed by atoms with Crippen LogP contribution in [0.5, 0.6) is 0 Å². The fraction of sp³-hybridized carbons (Fsp3) is 0.400. The lowest BCUT2D eigenvalue weighted by atomic mass is 10.0. The van der Waals surface area contributed by atoms with E-state index < -0.39 is 37.0 Å². The van der Waals surface area contributed by atoms with E-state index in [4.69, 9.17) is 42.1 Å². The fourth-order valence-electron chi connectivity index (χ4n) is 3.32. The lowest BCUT2D eigenvalue weighted by Crippen LogP contribution is -2.55. The smallest absolute Gasteiger partial charge is 0.185 e. The Bertz CT molecular complexity index is 819. The predicted molar refractivity (Wildman–Crippen MR) is 102 cm³/mol. The molecule has 2 aliphatic heterocycles. The average Bonchev–Trinajstić information content (AvgIpc) is 2.70. The minimum absolute atomic E-state index is 0.120. The quantitative estimate of drug-likeness (QED) is 0.767. The normalized spacial score (nSPS) is 33.6. The van der Waals surface area contributed by atoms with Crippen LogP contribution in [0.1, 0.15) is 23.7 Å². The number of halogens is 2. The van der Waals surface area contributed by atoms with Crippen LogP contribution in [0.2, 0.25) is 10.0 Å². The van der Waals surface area contributed by atoms with E-state index in [0.717, 1.165) is 0 Å². The molecule has 2 saturated heterocycles. The number of hydrogen-bond donors (Lipinski definition) is 2. The SMILES string of the molecule is O[C@H]1[C@@H]2OC(c3ccccc3Cl)OC[C@H]2OC(c2ccccc2Cl)OC[C@@H]1O. The zero-order valence-corrected chi connectivity index (χ0v) is 16.3. The van der Waals surface area contributed by atoms with Crippen molar-refractivity contribution in [3.63, 3.8) is 0 Å². The predicted octanol–water partition coefficient (Wildman–Crippen LogP) is 3.24. The number of aliphatic hydroxyl groups is 2. The van der Waals surface area contributed by atoms with Crippen LogP contribution in [0.3, 0.4) is 0 Å². The summed E-state index contributed by atoms with van der Waals surface area (Å²) in [6.45, 7) is -0.0180. The van der Waals surface area contributed by atoms with Crippen LogP contribution in [0.4, 0.5) is 0 Å². The topological polar surface area (TPSA) is 77.4 Å². The summed E-state index contributed by atoms with van der Waals surface area (Å²) >= 11 is 12.5. The van der Waals surface area contributed by atoms with Crippen molar-refractivity contribution in [2.24, 2.45) is 0 Å². The molecule has 6 atom stereocenters. The van der Waals surface area contributed by atoms with E-state index in [-0.39, 0.29) is 13.2 Å². The van der Waals surface area contributed by atoms with Crippen LogP contribution in [0.25, 0.3) is 0 Å². The average molecular weight is 427 g/mol. The van der Waals surface area contributed by atoms with Crippen molar-refractivity contribution >= 4 is 23.2 Å². The van der Waals surface area contributed by atoms with E-state index in [1.165, 1.54) is 0 Å². The van der Waals surface area contributed by atoms with Gasteiger partial charge in [0.2, 0.25) is 0 Å².